The molecule has 1 saturated heterocycles. The number of nitrogens with zero attached hydrogens (tertiary/aromatic N) is 1. The van der Waals surface area contributed by atoms with Crippen molar-refractivity contribution in [2.75, 3.05) is 19.8 Å². The quantitative estimate of drug-likeness (QED) is 0.812. The van der Waals surface area contributed by atoms with Gasteiger partial charge in [-0.2, -0.15) is 5.26 Å². The van der Waals surface area contributed by atoms with E-state index in [9.17, 15) is 0 Å². The van der Waals surface area contributed by atoms with Crippen LogP contribution in [0.3, 0.4) is 0 Å². The third kappa shape index (κ3) is 2.66. The summed E-state index contributed by atoms with van der Waals surface area (Å²) in [6.07, 6.45) is 1.04. The normalized spacial score (nSPS) is 19.4. The van der Waals surface area contributed by atoms with Gasteiger partial charge in [0.05, 0.1) is 29.9 Å². The molecule has 0 radical (unpaired) electrons. The molecule has 1 aromatic rings. The number of halogens is 1. The van der Waals surface area contributed by atoms with E-state index < -0.39 is 0 Å². The van der Waals surface area contributed by atoms with E-state index in [0.717, 1.165) is 19.6 Å². The lowest BCUT2D eigenvalue weighted by atomic mass is 10.1. The van der Waals surface area contributed by atoms with Gasteiger partial charge in [0, 0.05) is 12.5 Å². The summed E-state index contributed by atoms with van der Waals surface area (Å²) in [4.78, 5) is 0. The number of hydrogen-bond donors (Lipinski definition) is 0. The molecule has 4 heteroatoms. The van der Waals surface area contributed by atoms with E-state index in [0.29, 0.717) is 28.9 Å². The minimum atomic E-state index is 0.451. The average Bonchev–Trinajstić information content (AvgIpc) is 2.80. The third-order valence-corrected chi connectivity index (χ3v) is 2.85. The highest BCUT2D eigenvalue weighted by Crippen LogP contribution is 2.26. The van der Waals surface area contributed by atoms with E-state index >= 15 is 0 Å². The first kappa shape index (κ1) is 11.3. The zero-order valence-corrected chi connectivity index (χ0v) is 9.54. The van der Waals surface area contributed by atoms with Crippen LogP contribution in [-0.4, -0.2) is 19.8 Å². The molecule has 0 N–H and O–H groups in total. The van der Waals surface area contributed by atoms with Crippen LogP contribution in [0.1, 0.15) is 12.0 Å². The van der Waals surface area contributed by atoms with Gasteiger partial charge in [-0.05, 0) is 24.6 Å². The van der Waals surface area contributed by atoms with Crippen molar-refractivity contribution < 1.29 is 9.47 Å². The first-order valence-electron chi connectivity index (χ1n) is 5.20. The highest BCUT2D eigenvalue weighted by atomic mass is 35.5. The molecule has 1 aliphatic heterocycles. The van der Waals surface area contributed by atoms with Crippen LogP contribution in [0.25, 0.3) is 0 Å². The highest BCUT2D eigenvalue weighted by molar-refractivity contribution is 6.32. The molecule has 1 fully saturated rings. The molecule has 16 heavy (non-hydrogen) atoms. The number of ether oxygens (including phenoxy) is 2. The largest absolute Gasteiger partial charge is 0.492 e. The topological polar surface area (TPSA) is 42.2 Å². The maximum absolute atomic E-state index is 8.69. The Bertz CT molecular complexity index is 408. The fraction of sp³-hybridized carbons (Fsp3) is 0.417. The lowest BCUT2D eigenvalue weighted by Gasteiger charge is -2.11. The summed E-state index contributed by atoms with van der Waals surface area (Å²) in [5.41, 5.74) is 0.543. The van der Waals surface area contributed by atoms with Crippen molar-refractivity contribution in [3.63, 3.8) is 0 Å². The summed E-state index contributed by atoms with van der Waals surface area (Å²) in [6.45, 7) is 2.19. The van der Waals surface area contributed by atoms with Crippen molar-refractivity contribution >= 4 is 11.6 Å². The van der Waals surface area contributed by atoms with Crippen LogP contribution in [0.4, 0.5) is 0 Å². The maximum Gasteiger partial charge on any atom is 0.137 e. The van der Waals surface area contributed by atoms with Gasteiger partial charge in [-0.25, -0.2) is 0 Å². The van der Waals surface area contributed by atoms with Crippen LogP contribution in [0.5, 0.6) is 5.75 Å². The fourth-order valence-electron chi connectivity index (χ4n) is 1.61. The van der Waals surface area contributed by atoms with E-state index in [-0.39, 0.29) is 0 Å². The molecule has 0 aromatic heterocycles. The van der Waals surface area contributed by atoms with Crippen LogP contribution in [0.15, 0.2) is 18.2 Å². The van der Waals surface area contributed by atoms with Crippen molar-refractivity contribution in [2.45, 2.75) is 6.42 Å². The van der Waals surface area contributed by atoms with Gasteiger partial charge < -0.3 is 9.47 Å². The first-order chi connectivity index (χ1) is 7.79. The van der Waals surface area contributed by atoms with Gasteiger partial charge in [0.15, 0.2) is 0 Å². The average molecular weight is 238 g/mol. The zero-order valence-electron chi connectivity index (χ0n) is 8.78. The van der Waals surface area contributed by atoms with Crippen molar-refractivity contribution in [2.24, 2.45) is 5.92 Å². The van der Waals surface area contributed by atoms with Crippen LogP contribution in [0, 0.1) is 17.2 Å². The summed E-state index contributed by atoms with van der Waals surface area (Å²) in [6, 6.07) is 7.08. The second-order valence-electron chi connectivity index (χ2n) is 3.80. The second-order valence-corrected chi connectivity index (χ2v) is 4.20. The summed E-state index contributed by atoms with van der Waals surface area (Å²) >= 11 is 5.99. The van der Waals surface area contributed by atoms with E-state index in [2.05, 4.69) is 0 Å². The Morgan fingerprint density at radius 1 is 1.56 bits per heavy atom. The molecule has 0 saturated carbocycles. The molecular formula is C12H12ClNO2. The summed E-state index contributed by atoms with van der Waals surface area (Å²) in [5.74, 6) is 1.08. The van der Waals surface area contributed by atoms with E-state index in [1.54, 1.807) is 18.2 Å². The van der Waals surface area contributed by atoms with Gasteiger partial charge in [-0.1, -0.05) is 11.6 Å². The van der Waals surface area contributed by atoms with Crippen molar-refractivity contribution in [3.05, 3.63) is 28.8 Å². The second kappa shape index (κ2) is 5.20. The van der Waals surface area contributed by atoms with Crippen LogP contribution >= 0.6 is 11.6 Å². The third-order valence-electron chi connectivity index (χ3n) is 2.56. The Morgan fingerprint density at radius 2 is 2.44 bits per heavy atom. The number of rotatable bonds is 3. The predicted octanol–water partition coefficient (Wildman–Crippen LogP) is 2.63. The van der Waals surface area contributed by atoms with Gasteiger partial charge in [0.1, 0.15) is 5.75 Å². The summed E-state index contributed by atoms with van der Waals surface area (Å²) in [5, 5.41) is 9.17. The highest BCUT2D eigenvalue weighted by Gasteiger charge is 2.16. The monoisotopic (exact) mass is 237 g/mol. The molecule has 0 aliphatic carbocycles. The first-order valence-corrected chi connectivity index (χ1v) is 5.57. The van der Waals surface area contributed by atoms with Crippen molar-refractivity contribution in [1.29, 1.82) is 5.26 Å². The van der Waals surface area contributed by atoms with Gasteiger partial charge >= 0.3 is 0 Å². The molecule has 3 nitrogen and oxygen atoms in total. The molecule has 1 atom stereocenters. The Labute approximate surface area is 99.5 Å². The molecule has 1 aliphatic rings. The standard InChI is InChI=1S/C12H12ClNO2/c13-11-5-9(6-14)1-2-12(11)16-8-10-3-4-15-7-10/h1-2,5,10H,3-4,7-8H2. The lowest BCUT2D eigenvalue weighted by molar-refractivity contribution is 0.167. The van der Waals surface area contributed by atoms with Gasteiger partial charge in [-0.15, -0.1) is 0 Å². The Morgan fingerprint density at radius 3 is 3.06 bits per heavy atom. The molecular weight excluding hydrogens is 226 g/mol. The van der Waals surface area contributed by atoms with Gasteiger partial charge in [0.25, 0.3) is 0 Å². The molecule has 84 valence electrons. The van der Waals surface area contributed by atoms with E-state index in [1.165, 1.54) is 0 Å². The van der Waals surface area contributed by atoms with Crippen LogP contribution in [0.2, 0.25) is 5.02 Å². The van der Waals surface area contributed by atoms with Gasteiger partial charge in [-0.3, -0.25) is 0 Å². The Balaban J connectivity index is 1.96. The molecule has 2 rings (SSSR count). The lowest BCUT2D eigenvalue weighted by Crippen LogP contribution is -2.11. The molecule has 1 unspecified atom stereocenters. The molecule has 1 aromatic carbocycles. The smallest absolute Gasteiger partial charge is 0.137 e. The summed E-state index contributed by atoms with van der Waals surface area (Å²) < 4.78 is 10.9. The fourth-order valence-corrected chi connectivity index (χ4v) is 1.84. The maximum atomic E-state index is 8.69. The van der Waals surface area contributed by atoms with E-state index in [4.69, 9.17) is 26.3 Å². The molecule has 0 spiro atoms. The predicted molar refractivity (Wildman–Crippen MR) is 60.6 cm³/mol. The number of hydrogen-bond acceptors (Lipinski definition) is 3. The number of benzene rings is 1. The molecule has 1 heterocycles. The summed E-state index contributed by atoms with van der Waals surface area (Å²) in [7, 11) is 0. The van der Waals surface area contributed by atoms with Crippen molar-refractivity contribution in [1.82, 2.24) is 0 Å². The van der Waals surface area contributed by atoms with Crippen LogP contribution in [-0.2, 0) is 4.74 Å². The Kier molecular flexibility index (Phi) is 3.66. The minimum absolute atomic E-state index is 0.451. The Hall–Kier alpha value is -1.24. The van der Waals surface area contributed by atoms with Crippen molar-refractivity contribution in [3.8, 4) is 11.8 Å². The zero-order chi connectivity index (χ0) is 11.4. The minimum Gasteiger partial charge on any atom is -0.492 e. The van der Waals surface area contributed by atoms with Crippen LogP contribution < -0.4 is 4.74 Å². The number of nitriles is 1. The SMILES string of the molecule is N#Cc1ccc(OCC2CCOC2)c(Cl)c1. The van der Waals surface area contributed by atoms with E-state index in [1.807, 2.05) is 6.07 Å². The molecule has 0 amide bonds. The van der Waals surface area contributed by atoms with Gasteiger partial charge in [0.2, 0.25) is 0 Å². The molecule has 0 bridgehead atoms.